The van der Waals surface area contributed by atoms with Gasteiger partial charge >= 0.3 is 0 Å². The molecule has 1 fully saturated rings. The van der Waals surface area contributed by atoms with Crippen LogP contribution in [0.15, 0.2) is 6.07 Å². The van der Waals surface area contributed by atoms with E-state index in [1.165, 1.54) is 25.7 Å². The number of aromatic nitrogens is 2. The molecule has 0 unspecified atom stereocenters. The van der Waals surface area contributed by atoms with Gasteiger partial charge < -0.3 is 10.2 Å². The maximum atomic E-state index is 6.10. The highest BCUT2D eigenvalue weighted by atomic mass is 16.5. The summed E-state index contributed by atoms with van der Waals surface area (Å²) in [6, 6.07) is 1.85. The van der Waals surface area contributed by atoms with Crippen LogP contribution >= 0.6 is 0 Å². The summed E-state index contributed by atoms with van der Waals surface area (Å²) in [6.45, 7) is 4.68. The molecule has 3 N–H and O–H groups in total. The summed E-state index contributed by atoms with van der Waals surface area (Å²) >= 11 is 0. The van der Waals surface area contributed by atoms with Crippen molar-refractivity contribution < 1.29 is 4.74 Å². The van der Waals surface area contributed by atoms with Gasteiger partial charge in [-0.1, -0.05) is 25.7 Å². The molecule has 19 heavy (non-hydrogen) atoms. The highest BCUT2D eigenvalue weighted by Crippen LogP contribution is 2.38. The van der Waals surface area contributed by atoms with E-state index < -0.39 is 0 Å². The summed E-state index contributed by atoms with van der Waals surface area (Å²) < 4.78 is 6.10. The first kappa shape index (κ1) is 14.2. The van der Waals surface area contributed by atoms with Crippen molar-refractivity contribution in [2.75, 3.05) is 12.0 Å². The number of nitrogens with one attached hydrogen (secondary N) is 1. The molecule has 0 spiro atoms. The molecule has 0 radical (unpaired) electrons. The maximum absolute atomic E-state index is 6.10. The number of aryl methyl sites for hydroxylation is 1. The zero-order valence-corrected chi connectivity index (χ0v) is 11.9. The Bertz CT molecular complexity index is 414. The zero-order valence-electron chi connectivity index (χ0n) is 11.9. The fraction of sp³-hybridized carbons (Fsp3) is 0.714. The largest absolute Gasteiger partial charge is 0.367 e. The van der Waals surface area contributed by atoms with Crippen LogP contribution in [-0.4, -0.2) is 16.6 Å². The predicted molar refractivity (Wildman–Crippen MR) is 75.6 cm³/mol. The van der Waals surface area contributed by atoms with Gasteiger partial charge in [0.2, 0.25) is 0 Å². The number of hydrogen-bond acceptors (Lipinski definition) is 5. The molecule has 5 heteroatoms. The van der Waals surface area contributed by atoms with E-state index in [1.54, 1.807) is 0 Å². The van der Waals surface area contributed by atoms with Crippen molar-refractivity contribution in [1.82, 2.24) is 9.97 Å². The molecule has 2 rings (SSSR count). The molecule has 1 aliphatic rings. The lowest BCUT2D eigenvalue weighted by Crippen LogP contribution is -2.32. The Hall–Kier alpha value is -1.20. The third-order valence-corrected chi connectivity index (χ3v) is 3.74. The van der Waals surface area contributed by atoms with Crippen LogP contribution < -0.4 is 11.3 Å². The molecule has 0 bridgehead atoms. The second kappa shape index (κ2) is 6.30. The van der Waals surface area contributed by atoms with Crippen molar-refractivity contribution in [3.8, 4) is 0 Å². The van der Waals surface area contributed by atoms with Gasteiger partial charge in [0, 0.05) is 18.4 Å². The van der Waals surface area contributed by atoms with Crippen LogP contribution in [0.5, 0.6) is 0 Å². The van der Waals surface area contributed by atoms with Gasteiger partial charge in [-0.05, 0) is 26.7 Å². The molecule has 1 heterocycles. The first-order valence-electron chi connectivity index (χ1n) is 7.17. The van der Waals surface area contributed by atoms with Crippen molar-refractivity contribution in [1.29, 1.82) is 0 Å². The fourth-order valence-corrected chi connectivity index (χ4v) is 2.85. The van der Waals surface area contributed by atoms with Crippen LogP contribution in [0.1, 0.15) is 57.0 Å². The minimum absolute atomic E-state index is 0.330. The molecule has 0 saturated heterocycles. The van der Waals surface area contributed by atoms with Gasteiger partial charge in [0.1, 0.15) is 11.4 Å². The lowest BCUT2D eigenvalue weighted by molar-refractivity contribution is -0.0624. The molecule has 0 amide bonds. The molecular formula is C14H24N4O. The molecule has 1 saturated carbocycles. The number of hydrogen-bond donors (Lipinski definition) is 2. The minimum atomic E-state index is -0.330. The Labute approximate surface area is 114 Å². The summed E-state index contributed by atoms with van der Waals surface area (Å²) in [7, 11) is 0. The van der Waals surface area contributed by atoms with Gasteiger partial charge in [-0.15, -0.1) is 0 Å². The summed E-state index contributed by atoms with van der Waals surface area (Å²) in [6.07, 6.45) is 6.86. The first-order valence-corrected chi connectivity index (χ1v) is 7.17. The molecule has 5 nitrogen and oxygen atoms in total. The van der Waals surface area contributed by atoms with Crippen molar-refractivity contribution in [3.05, 3.63) is 17.6 Å². The van der Waals surface area contributed by atoms with Crippen LogP contribution in [0.3, 0.4) is 0 Å². The van der Waals surface area contributed by atoms with Crippen LogP contribution in [0.2, 0.25) is 0 Å². The molecule has 0 aliphatic heterocycles. The Morgan fingerprint density at radius 2 is 1.95 bits per heavy atom. The van der Waals surface area contributed by atoms with E-state index in [0.717, 1.165) is 24.4 Å². The van der Waals surface area contributed by atoms with E-state index >= 15 is 0 Å². The Balaban J connectivity index is 2.39. The number of rotatable bonds is 4. The number of nitrogens with two attached hydrogens (primary N) is 1. The molecule has 106 valence electrons. The van der Waals surface area contributed by atoms with Crippen molar-refractivity contribution >= 4 is 5.82 Å². The highest BCUT2D eigenvalue weighted by molar-refractivity contribution is 5.35. The zero-order chi connectivity index (χ0) is 13.7. The van der Waals surface area contributed by atoms with Crippen molar-refractivity contribution in [2.45, 2.75) is 58.0 Å². The summed E-state index contributed by atoms with van der Waals surface area (Å²) in [4.78, 5) is 9.14. The SMILES string of the molecule is CCOC1(c2nc(C)cc(NN)n2)CCCCCC1. The normalized spacial score (nSPS) is 18.9. The smallest absolute Gasteiger partial charge is 0.162 e. The van der Waals surface area contributed by atoms with E-state index in [1.807, 2.05) is 19.9 Å². The molecule has 1 aromatic rings. The standard InChI is InChI=1S/C14H24N4O/c1-3-19-14(8-6-4-5-7-9-14)13-16-11(2)10-12(17-13)18-15/h10H,3-9,15H2,1-2H3,(H,16,17,18). The van der Waals surface area contributed by atoms with E-state index in [9.17, 15) is 0 Å². The third kappa shape index (κ3) is 3.22. The average Bonchev–Trinajstić information content (AvgIpc) is 2.65. The second-order valence-electron chi connectivity index (χ2n) is 5.20. The number of nitrogens with zero attached hydrogens (tertiary/aromatic N) is 2. The van der Waals surface area contributed by atoms with Crippen molar-refractivity contribution in [2.24, 2.45) is 5.84 Å². The van der Waals surface area contributed by atoms with Gasteiger partial charge in [0.05, 0.1) is 0 Å². The lowest BCUT2D eigenvalue weighted by Gasteiger charge is -2.31. The highest BCUT2D eigenvalue weighted by Gasteiger charge is 2.36. The number of ether oxygens (including phenoxy) is 1. The average molecular weight is 264 g/mol. The fourth-order valence-electron chi connectivity index (χ4n) is 2.85. The van der Waals surface area contributed by atoms with E-state index in [4.69, 9.17) is 10.6 Å². The summed E-state index contributed by atoms with van der Waals surface area (Å²) in [5.41, 5.74) is 3.20. The van der Waals surface area contributed by atoms with Gasteiger partial charge in [-0.3, -0.25) is 0 Å². The lowest BCUT2D eigenvalue weighted by atomic mass is 9.93. The Morgan fingerprint density at radius 3 is 2.53 bits per heavy atom. The van der Waals surface area contributed by atoms with E-state index in [2.05, 4.69) is 15.4 Å². The van der Waals surface area contributed by atoms with Gasteiger partial charge in [-0.25, -0.2) is 15.8 Å². The first-order chi connectivity index (χ1) is 9.20. The third-order valence-electron chi connectivity index (χ3n) is 3.74. The molecule has 1 aliphatic carbocycles. The van der Waals surface area contributed by atoms with E-state index in [0.29, 0.717) is 12.4 Å². The molecule has 1 aromatic heterocycles. The van der Waals surface area contributed by atoms with Crippen LogP contribution in [-0.2, 0) is 10.3 Å². The minimum Gasteiger partial charge on any atom is -0.367 e. The number of hydrazine groups is 1. The van der Waals surface area contributed by atoms with E-state index in [-0.39, 0.29) is 5.60 Å². The second-order valence-corrected chi connectivity index (χ2v) is 5.20. The quantitative estimate of drug-likeness (QED) is 0.497. The Kier molecular flexibility index (Phi) is 4.71. The topological polar surface area (TPSA) is 73.1 Å². The van der Waals surface area contributed by atoms with Crippen LogP contribution in [0.4, 0.5) is 5.82 Å². The van der Waals surface area contributed by atoms with Crippen LogP contribution in [0, 0.1) is 6.92 Å². The molecular weight excluding hydrogens is 240 g/mol. The van der Waals surface area contributed by atoms with Crippen LogP contribution in [0.25, 0.3) is 0 Å². The van der Waals surface area contributed by atoms with Gasteiger partial charge in [0.25, 0.3) is 0 Å². The number of nitrogen functional groups attached to an aromatic ring is 1. The van der Waals surface area contributed by atoms with Gasteiger partial charge in [0.15, 0.2) is 5.82 Å². The summed E-state index contributed by atoms with van der Waals surface area (Å²) in [5.74, 6) is 6.92. The molecule has 0 atom stereocenters. The Morgan fingerprint density at radius 1 is 1.26 bits per heavy atom. The van der Waals surface area contributed by atoms with Gasteiger partial charge in [-0.2, -0.15) is 0 Å². The van der Waals surface area contributed by atoms with Crippen molar-refractivity contribution in [3.63, 3.8) is 0 Å². The number of anilines is 1. The molecule has 0 aromatic carbocycles. The monoisotopic (exact) mass is 264 g/mol. The predicted octanol–water partition coefficient (Wildman–Crippen LogP) is 2.66. The maximum Gasteiger partial charge on any atom is 0.162 e. The summed E-state index contributed by atoms with van der Waals surface area (Å²) in [5, 5.41) is 0.